The van der Waals surface area contributed by atoms with Gasteiger partial charge < -0.3 is 29.5 Å². The van der Waals surface area contributed by atoms with Crippen molar-refractivity contribution in [3.63, 3.8) is 0 Å². The van der Waals surface area contributed by atoms with E-state index in [-0.39, 0.29) is 5.56 Å². The second-order valence-electron chi connectivity index (χ2n) is 5.40. The van der Waals surface area contributed by atoms with Gasteiger partial charge in [-0.2, -0.15) is 0 Å². The molecule has 0 radical (unpaired) electrons. The highest BCUT2D eigenvalue weighted by atomic mass is 31.2. The van der Waals surface area contributed by atoms with E-state index in [2.05, 4.69) is 4.52 Å². The van der Waals surface area contributed by atoms with Crippen molar-refractivity contribution in [2.45, 2.75) is 38.1 Å². The van der Waals surface area contributed by atoms with Gasteiger partial charge in [0.25, 0.3) is 5.56 Å². The number of phosphoric acid groups is 1. The molecular weight excluding hydrogens is 379 g/mol. The number of hydrogen-bond donors (Lipinski definition) is 5. The van der Waals surface area contributed by atoms with Crippen molar-refractivity contribution < 1.29 is 43.4 Å². The number of esters is 1. The molecule has 13 nitrogen and oxygen atoms in total. The number of carbonyl (C=O) groups is 1. The number of phosphoric ester groups is 1. The minimum Gasteiger partial charge on any atom is -0.455 e. The van der Waals surface area contributed by atoms with Gasteiger partial charge in [0.05, 0.1) is 18.8 Å². The van der Waals surface area contributed by atoms with Gasteiger partial charge in [-0.1, -0.05) is 0 Å². The van der Waals surface area contributed by atoms with E-state index in [4.69, 9.17) is 24.4 Å². The van der Waals surface area contributed by atoms with Gasteiger partial charge in [0, 0.05) is 13.1 Å². The molecule has 1 fully saturated rings. The fourth-order valence-electron chi connectivity index (χ4n) is 2.40. The summed E-state index contributed by atoms with van der Waals surface area (Å²) >= 11 is 0. The minimum atomic E-state index is -4.86. The summed E-state index contributed by atoms with van der Waals surface area (Å²) < 4.78 is 26.1. The second-order valence-corrected chi connectivity index (χ2v) is 6.63. The normalized spacial score (nSPS) is 26.0. The molecular formula is C12H17N2O11P. The SMILES string of the molecule is CC(=O)O[C@H]1C(O)[C@@H](COP(=O)(O)O)O[C@H]1n1cc(CO)c(=O)[nH]c1=O. The van der Waals surface area contributed by atoms with Crippen LogP contribution in [0.5, 0.6) is 0 Å². The van der Waals surface area contributed by atoms with E-state index in [1.54, 1.807) is 0 Å². The summed E-state index contributed by atoms with van der Waals surface area (Å²) in [5.41, 5.74) is -2.00. The van der Waals surface area contributed by atoms with Crippen molar-refractivity contribution >= 4 is 13.8 Å². The lowest BCUT2D eigenvalue weighted by Gasteiger charge is -2.21. The zero-order valence-electron chi connectivity index (χ0n) is 13.3. The van der Waals surface area contributed by atoms with Crippen LogP contribution in [0.1, 0.15) is 18.7 Å². The highest BCUT2D eigenvalue weighted by molar-refractivity contribution is 7.46. The molecule has 14 heteroatoms. The van der Waals surface area contributed by atoms with Gasteiger partial charge in [-0.3, -0.25) is 23.7 Å². The van der Waals surface area contributed by atoms with Crippen molar-refractivity contribution in [2.24, 2.45) is 0 Å². The van der Waals surface area contributed by atoms with Crippen LogP contribution in [0.2, 0.25) is 0 Å². The third-order valence-corrected chi connectivity index (χ3v) is 3.99. The molecule has 0 bridgehead atoms. The first-order valence-corrected chi connectivity index (χ1v) is 8.72. The molecule has 1 aliphatic rings. The van der Waals surface area contributed by atoms with Crippen molar-refractivity contribution in [3.8, 4) is 0 Å². The Hall–Kier alpha value is -1.86. The van der Waals surface area contributed by atoms with Crippen molar-refractivity contribution in [2.75, 3.05) is 6.61 Å². The summed E-state index contributed by atoms with van der Waals surface area (Å²) in [6, 6.07) is 0. The molecule has 1 unspecified atom stereocenters. The molecule has 1 aliphatic heterocycles. The van der Waals surface area contributed by atoms with Crippen LogP contribution in [0.3, 0.4) is 0 Å². The maximum Gasteiger partial charge on any atom is 0.469 e. The van der Waals surface area contributed by atoms with E-state index < -0.39 is 62.8 Å². The van der Waals surface area contributed by atoms with Gasteiger partial charge in [0.1, 0.15) is 12.2 Å². The van der Waals surface area contributed by atoms with Crippen LogP contribution < -0.4 is 11.2 Å². The topological polar surface area (TPSA) is 198 Å². The van der Waals surface area contributed by atoms with E-state index in [9.17, 15) is 24.1 Å². The fraction of sp³-hybridized carbons (Fsp3) is 0.583. The van der Waals surface area contributed by atoms with E-state index in [0.717, 1.165) is 17.7 Å². The summed E-state index contributed by atoms with van der Waals surface area (Å²) in [7, 11) is -4.86. The Bertz CT molecular complexity index is 827. The zero-order chi connectivity index (χ0) is 19.6. The highest BCUT2D eigenvalue weighted by Crippen LogP contribution is 2.38. The Morgan fingerprint density at radius 1 is 1.42 bits per heavy atom. The lowest BCUT2D eigenvalue weighted by Crippen LogP contribution is -2.41. The first-order valence-electron chi connectivity index (χ1n) is 7.19. The number of ether oxygens (including phenoxy) is 2. The maximum atomic E-state index is 12.0. The Balaban J connectivity index is 2.38. The Morgan fingerprint density at radius 2 is 2.08 bits per heavy atom. The number of aromatic nitrogens is 2. The van der Waals surface area contributed by atoms with Crippen LogP contribution >= 0.6 is 7.82 Å². The Labute approximate surface area is 145 Å². The number of carbonyl (C=O) groups excluding carboxylic acids is 1. The fourth-order valence-corrected chi connectivity index (χ4v) is 2.74. The van der Waals surface area contributed by atoms with Crippen LogP contribution in [-0.2, 0) is 30.0 Å². The zero-order valence-corrected chi connectivity index (χ0v) is 14.2. The first-order chi connectivity index (χ1) is 12.0. The van der Waals surface area contributed by atoms with E-state index >= 15 is 0 Å². The first kappa shape index (κ1) is 20.5. The van der Waals surface area contributed by atoms with E-state index in [0.29, 0.717) is 0 Å². The third kappa shape index (κ3) is 4.65. The Kier molecular flexibility index (Phi) is 6.13. The number of aromatic amines is 1. The number of aliphatic hydroxyl groups excluding tert-OH is 2. The van der Waals surface area contributed by atoms with Gasteiger partial charge in [0.15, 0.2) is 12.3 Å². The average Bonchev–Trinajstić information content (AvgIpc) is 2.81. The quantitative estimate of drug-likeness (QED) is 0.248. The van der Waals surface area contributed by atoms with Crippen molar-refractivity contribution in [3.05, 3.63) is 32.6 Å². The molecule has 26 heavy (non-hydrogen) atoms. The highest BCUT2D eigenvalue weighted by Gasteiger charge is 2.48. The summed E-state index contributed by atoms with van der Waals surface area (Å²) in [5.74, 6) is -0.820. The van der Waals surface area contributed by atoms with Gasteiger partial charge in [-0.25, -0.2) is 9.36 Å². The Morgan fingerprint density at radius 3 is 2.62 bits per heavy atom. The van der Waals surface area contributed by atoms with Crippen LogP contribution in [0.15, 0.2) is 15.8 Å². The molecule has 1 aromatic heterocycles. The second kappa shape index (κ2) is 7.80. The number of hydrogen-bond acceptors (Lipinski definition) is 9. The molecule has 146 valence electrons. The molecule has 1 saturated heterocycles. The molecule has 0 aromatic carbocycles. The largest absolute Gasteiger partial charge is 0.469 e. The maximum absolute atomic E-state index is 12.0. The molecule has 5 N–H and O–H groups in total. The van der Waals surface area contributed by atoms with Crippen LogP contribution in [0, 0.1) is 0 Å². The number of rotatable bonds is 6. The monoisotopic (exact) mass is 396 g/mol. The summed E-state index contributed by atoms with van der Waals surface area (Å²) in [4.78, 5) is 54.3. The predicted molar refractivity (Wildman–Crippen MR) is 80.7 cm³/mol. The average molecular weight is 396 g/mol. The predicted octanol–water partition coefficient (Wildman–Crippen LogP) is -2.67. The minimum absolute atomic E-state index is 0.195. The molecule has 0 saturated carbocycles. The number of nitrogens with one attached hydrogen (secondary N) is 1. The molecule has 0 aliphatic carbocycles. The van der Waals surface area contributed by atoms with Crippen molar-refractivity contribution in [1.82, 2.24) is 9.55 Å². The van der Waals surface area contributed by atoms with Crippen LogP contribution in [-0.4, -0.2) is 60.4 Å². The molecule has 0 amide bonds. The summed E-state index contributed by atoms with van der Waals surface area (Å²) in [5, 5.41) is 19.4. The lowest BCUT2D eigenvalue weighted by molar-refractivity contribution is -0.156. The number of nitrogens with zero attached hydrogens (tertiary/aromatic N) is 1. The summed E-state index contributed by atoms with van der Waals surface area (Å²) in [6.07, 6.45) is -4.86. The third-order valence-electron chi connectivity index (χ3n) is 3.51. The molecule has 1 aromatic rings. The smallest absolute Gasteiger partial charge is 0.455 e. The van der Waals surface area contributed by atoms with Gasteiger partial charge in [0.2, 0.25) is 0 Å². The number of H-pyrrole nitrogens is 1. The molecule has 2 heterocycles. The molecule has 0 spiro atoms. The van der Waals surface area contributed by atoms with Gasteiger partial charge in [-0.05, 0) is 0 Å². The number of aliphatic hydroxyl groups is 2. The molecule has 4 atom stereocenters. The molecule has 2 rings (SSSR count). The van der Waals surface area contributed by atoms with Gasteiger partial charge in [-0.15, -0.1) is 0 Å². The standard InChI is InChI=1S/C12H17N2O11P/c1-5(16)24-9-8(17)7(4-23-26(20,21)22)25-11(9)14-2-6(3-15)10(18)13-12(14)19/h2,7-9,11,15,17H,3-4H2,1H3,(H,13,18,19)(H2,20,21,22)/t7-,8?,9+,11-/m1/s1. The van der Waals surface area contributed by atoms with Gasteiger partial charge >= 0.3 is 19.5 Å². The van der Waals surface area contributed by atoms with E-state index in [1.165, 1.54) is 0 Å². The summed E-state index contributed by atoms with van der Waals surface area (Å²) in [6.45, 7) is -0.420. The lowest BCUT2D eigenvalue weighted by atomic mass is 10.1. The van der Waals surface area contributed by atoms with Crippen molar-refractivity contribution in [1.29, 1.82) is 0 Å². The van der Waals surface area contributed by atoms with Crippen LogP contribution in [0.25, 0.3) is 0 Å². The van der Waals surface area contributed by atoms with Crippen LogP contribution in [0.4, 0.5) is 0 Å². The van der Waals surface area contributed by atoms with E-state index in [1.807, 2.05) is 4.98 Å².